The Morgan fingerprint density at radius 1 is 0.731 bits per heavy atom. The molecule has 134 valence electrons. The van der Waals surface area contributed by atoms with Crippen molar-refractivity contribution in [2.75, 3.05) is 0 Å². The molecule has 1 N–H and O–H groups in total. The summed E-state index contributed by atoms with van der Waals surface area (Å²) in [5, 5.41) is 10.1. The molecule has 0 fully saturated rings. The SMILES string of the molecule is CCC(O)c1ccc(OCc2ccccc2)c(OCc2ccccc2)c1. The zero-order chi connectivity index (χ0) is 18.2. The summed E-state index contributed by atoms with van der Waals surface area (Å²) in [4.78, 5) is 0. The maximum Gasteiger partial charge on any atom is 0.162 e. The summed E-state index contributed by atoms with van der Waals surface area (Å²) in [6.45, 7) is 2.88. The first kappa shape index (κ1) is 18.0. The fourth-order valence-electron chi connectivity index (χ4n) is 2.67. The Morgan fingerprint density at radius 2 is 1.27 bits per heavy atom. The molecule has 3 rings (SSSR count). The van der Waals surface area contributed by atoms with Crippen LogP contribution in [-0.2, 0) is 13.2 Å². The molecular formula is C23H24O3. The second kappa shape index (κ2) is 9.07. The quantitative estimate of drug-likeness (QED) is 0.601. The molecule has 3 heteroatoms. The second-order valence-electron chi connectivity index (χ2n) is 6.18. The van der Waals surface area contributed by atoms with Crippen LogP contribution < -0.4 is 9.47 Å². The van der Waals surface area contributed by atoms with E-state index in [4.69, 9.17) is 9.47 Å². The van der Waals surface area contributed by atoms with Crippen LogP contribution in [0.3, 0.4) is 0 Å². The molecule has 0 aromatic heterocycles. The Morgan fingerprint density at radius 3 is 1.81 bits per heavy atom. The van der Waals surface area contributed by atoms with Gasteiger partial charge < -0.3 is 14.6 Å². The molecule has 0 heterocycles. The third kappa shape index (κ3) is 4.87. The van der Waals surface area contributed by atoms with E-state index in [1.165, 1.54) is 0 Å². The van der Waals surface area contributed by atoms with Gasteiger partial charge in [-0.25, -0.2) is 0 Å². The van der Waals surface area contributed by atoms with Gasteiger partial charge in [0.2, 0.25) is 0 Å². The van der Waals surface area contributed by atoms with Gasteiger partial charge in [0, 0.05) is 0 Å². The highest BCUT2D eigenvalue weighted by Crippen LogP contribution is 2.32. The molecule has 0 aliphatic rings. The highest BCUT2D eigenvalue weighted by Gasteiger charge is 2.12. The van der Waals surface area contributed by atoms with Gasteiger partial charge >= 0.3 is 0 Å². The molecule has 3 aromatic rings. The van der Waals surface area contributed by atoms with Gasteiger partial charge in [0.05, 0.1) is 6.10 Å². The van der Waals surface area contributed by atoms with Crippen LogP contribution in [-0.4, -0.2) is 5.11 Å². The van der Waals surface area contributed by atoms with E-state index in [0.29, 0.717) is 31.1 Å². The molecule has 0 radical (unpaired) electrons. The van der Waals surface area contributed by atoms with Gasteiger partial charge in [0.25, 0.3) is 0 Å². The Hall–Kier alpha value is -2.78. The molecule has 3 nitrogen and oxygen atoms in total. The highest BCUT2D eigenvalue weighted by molar-refractivity contribution is 5.44. The van der Waals surface area contributed by atoms with E-state index in [2.05, 4.69) is 0 Å². The Bertz CT molecular complexity index is 800. The van der Waals surface area contributed by atoms with E-state index in [1.807, 2.05) is 85.8 Å². The largest absolute Gasteiger partial charge is 0.485 e. The van der Waals surface area contributed by atoms with E-state index in [0.717, 1.165) is 16.7 Å². The van der Waals surface area contributed by atoms with Gasteiger partial charge in [-0.2, -0.15) is 0 Å². The molecular weight excluding hydrogens is 324 g/mol. The van der Waals surface area contributed by atoms with Crippen LogP contribution in [0.25, 0.3) is 0 Å². The second-order valence-corrected chi connectivity index (χ2v) is 6.18. The number of aliphatic hydroxyl groups excluding tert-OH is 1. The zero-order valence-electron chi connectivity index (χ0n) is 15.0. The van der Waals surface area contributed by atoms with Crippen molar-refractivity contribution in [1.29, 1.82) is 0 Å². The van der Waals surface area contributed by atoms with Gasteiger partial charge in [-0.15, -0.1) is 0 Å². The average molecular weight is 348 g/mol. The minimum atomic E-state index is -0.503. The van der Waals surface area contributed by atoms with E-state index >= 15 is 0 Å². The molecule has 0 saturated carbocycles. The third-order valence-electron chi connectivity index (χ3n) is 4.21. The number of benzene rings is 3. The normalized spacial score (nSPS) is 11.8. The molecule has 0 aliphatic heterocycles. The lowest BCUT2D eigenvalue weighted by molar-refractivity contribution is 0.172. The average Bonchev–Trinajstić information content (AvgIpc) is 2.72. The van der Waals surface area contributed by atoms with Gasteiger partial charge in [-0.3, -0.25) is 0 Å². The molecule has 1 atom stereocenters. The van der Waals surface area contributed by atoms with Crippen LogP contribution in [0.1, 0.15) is 36.1 Å². The maximum absolute atomic E-state index is 10.1. The first-order valence-electron chi connectivity index (χ1n) is 8.91. The Labute approximate surface area is 154 Å². The fourth-order valence-corrected chi connectivity index (χ4v) is 2.67. The minimum absolute atomic E-state index is 0.453. The van der Waals surface area contributed by atoms with Crippen LogP contribution in [0, 0.1) is 0 Å². The van der Waals surface area contributed by atoms with Crippen LogP contribution in [0.2, 0.25) is 0 Å². The lowest BCUT2D eigenvalue weighted by Crippen LogP contribution is -2.03. The number of rotatable bonds is 8. The molecule has 0 spiro atoms. The molecule has 26 heavy (non-hydrogen) atoms. The molecule has 0 amide bonds. The Balaban J connectivity index is 1.77. The summed E-state index contributed by atoms with van der Waals surface area (Å²) < 4.78 is 12.0. The van der Waals surface area contributed by atoms with Gasteiger partial charge in [0.15, 0.2) is 11.5 Å². The number of ether oxygens (including phenoxy) is 2. The summed E-state index contributed by atoms with van der Waals surface area (Å²) in [6.07, 6.45) is 0.153. The monoisotopic (exact) mass is 348 g/mol. The lowest BCUT2D eigenvalue weighted by atomic mass is 10.1. The molecule has 3 aromatic carbocycles. The smallest absolute Gasteiger partial charge is 0.162 e. The minimum Gasteiger partial charge on any atom is -0.485 e. The standard InChI is InChI=1S/C23H24O3/c1-2-21(24)20-13-14-22(25-16-18-9-5-3-6-10-18)23(15-20)26-17-19-11-7-4-8-12-19/h3-15,21,24H,2,16-17H2,1H3. The van der Waals surface area contributed by atoms with Crippen molar-refractivity contribution < 1.29 is 14.6 Å². The summed E-state index contributed by atoms with van der Waals surface area (Å²) >= 11 is 0. The number of hydrogen-bond acceptors (Lipinski definition) is 3. The number of hydrogen-bond donors (Lipinski definition) is 1. The van der Waals surface area contributed by atoms with Gasteiger partial charge in [-0.05, 0) is 35.2 Å². The first-order chi connectivity index (χ1) is 12.8. The molecule has 0 bridgehead atoms. The van der Waals surface area contributed by atoms with E-state index in [9.17, 15) is 5.11 Å². The van der Waals surface area contributed by atoms with Crippen LogP contribution in [0.4, 0.5) is 0 Å². The topological polar surface area (TPSA) is 38.7 Å². The summed E-state index contributed by atoms with van der Waals surface area (Å²) in [7, 11) is 0. The van der Waals surface area contributed by atoms with Crippen molar-refractivity contribution in [2.24, 2.45) is 0 Å². The molecule has 1 unspecified atom stereocenters. The lowest BCUT2D eigenvalue weighted by Gasteiger charge is -2.16. The predicted octanol–water partition coefficient (Wildman–Crippen LogP) is 5.29. The molecule has 0 saturated heterocycles. The van der Waals surface area contributed by atoms with Gasteiger partial charge in [-0.1, -0.05) is 73.7 Å². The fraction of sp³-hybridized carbons (Fsp3) is 0.217. The molecule has 0 aliphatic carbocycles. The predicted molar refractivity (Wildman–Crippen MR) is 103 cm³/mol. The van der Waals surface area contributed by atoms with E-state index in [-0.39, 0.29) is 0 Å². The van der Waals surface area contributed by atoms with Crippen molar-refractivity contribution in [3.8, 4) is 11.5 Å². The van der Waals surface area contributed by atoms with Crippen molar-refractivity contribution in [3.63, 3.8) is 0 Å². The van der Waals surface area contributed by atoms with Crippen molar-refractivity contribution >= 4 is 0 Å². The van der Waals surface area contributed by atoms with E-state index in [1.54, 1.807) is 0 Å². The summed E-state index contributed by atoms with van der Waals surface area (Å²) in [6, 6.07) is 25.7. The first-order valence-corrected chi connectivity index (χ1v) is 8.91. The third-order valence-corrected chi connectivity index (χ3v) is 4.21. The van der Waals surface area contributed by atoms with Crippen LogP contribution in [0.15, 0.2) is 78.9 Å². The highest BCUT2D eigenvalue weighted by atomic mass is 16.5. The Kier molecular flexibility index (Phi) is 6.29. The summed E-state index contributed by atoms with van der Waals surface area (Å²) in [5.74, 6) is 1.33. The van der Waals surface area contributed by atoms with Crippen LogP contribution >= 0.6 is 0 Å². The van der Waals surface area contributed by atoms with E-state index < -0.39 is 6.10 Å². The van der Waals surface area contributed by atoms with Crippen molar-refractivity contribution in [3.05, 3.63) is 95.6 Å². The van der Waals surface area contributed by atoms with Crippen molar-refractivity contribution in [2.45, 2.75) is 32.7 Å². The maximum atomic E-state index is 10.1. The van der Waals surface area contributed by atoms with Crippen LogP contribution in [0.5, 0.6) is 11.5 Å². The van der Waals surface area contributed by atoms with Crippen molar-refractivity contribution in [1.82, 2.24) is 0 Å². The number of aliphatic hydroxyl groups is 1. The summed E-state index contributed by atoms with van der Waals surface area (Å²) in [5.41, 5.74) is 3.02. The zero-order valence-corrected chi connectivity index (χ0v) is 15.0. The van der Waals surface area contributed by atoms with Gasteiger partial charge in [0.1, 0.15) is 13.2 Å².